The monoisotopic (exact) mass is 232 g/mol. The van der Waals surface area contributed by atoms with E-state index in [1.54, 1.807) is 0 Å². The minimum atomic E-state index is 0.203. The Kier molecular flexibility index (Phi) is 9.92. The molecule has 0 spiro atoms. The molecule has 0 rings (SSSR count). The van der Waals surface area contributed by atoms with Gasteiger partial charge in [0.1, 0.15) is 0 Å². The average molecular weight is 232 g/mol. The molecule has 1 atom stereocenters. The average Bonchev–Trinajstić information content (AvgIpc) is 2.24. The van der Waals surface area contributed by atoms with E-state index in [2.05, 4.69) is 31.1 Å². The van der Waals surface area contributed by atoms with E-state index in [4.69, 9.17) is 4.74 Å². The van der Waals surface area contributed by atoms with Crippen molar-refractivity contribution in [1.82, 2.24) is 10.2 Å². The zero-order valence-electron chi connectivity index (χ0n) is 11.2. The number of hydrogen-bond acceptors (Lipinski definition) is 4. The molecule has 0 fully saturated rings. The number of aliphatic hydroxyl groups excluding tert-OH is 1. The summed E-state index contributed by atoms with van der Waals surface area (Å²) in [5.74, 6) is 0. The van der Waals surface area contributed by atoms with E-state index in [1.165, 1.54) is 0 Å². The maximum atomic E-state index is 9.20. The predicted octanol–water partition coefficient (Wildman–Crippen LogP) is 0.704. The van der Waals surface area contributed by atoms with Crippen molar-refractivity contribution < 1.29 is 9.84 Å². The highest BCUT2D eigenvalue weighted by atomic mass is 16.5. The molecule has 1 unspecified atom stereocenters. The van der Waals surface area contributed by atoms with Crippen LogP contribution >= 0.6 is 0 Å². The molecule has 98 valence electrons. The molecule has 0 bridgehead atoms. The van der Waals surface area contributed by atoms with E-state index in [0.29, 0.717) is 6.04 Å². The normalized spacial score (nSPS) is 13.7. The number of aliphatic hydroxyl groups is 1. The lowest BCUT2D eigenvalue weighted by Crippen LogP contribution is -2.40. The van der Waals surface area contributed by atoms with Gasteiger partial charge in [0.2, 0.25) is 0 Å². The first-order chi connectivity index (χ1) is 7.60. The summed E-state index contributed by atoms with van der Waals surface area (Å²) in [6.45, 7) is 9.91. The molecule has 0 aliphatic rings. The molecular weight excluding hydrogens is 204 g/mol. The van der Waals surface area contributed by atoms with Gasteiger partial charge >= 0.3 is 0 Å². The predicted molar refractivity (Wildman–Crippen MR) is 67.8 cm³/mol. The number of ether oxygens (including phenoxy) is 1. The molecule has 0 radical (unpaired) electrons. The maximum Gasteiger partial charge on any atom is 0.0593 e. The SMILES string of the molecule is CCOCCN(C)CCC(CO)NC(C)C. The second-order valence-corrected chi connectivity index (χ2v) is 4.49. The van der Waals surface area contributed by atoms with Crippen LogP contribution in [0.5, 0.6) is 0 Å². The summed E-state index contributed by atoms with van der Waals surface area (Å²) in [5, 5.41) is 12.5. The summed E-state index contributed by atoms with van der Waals surface area (Å²) >= 11 is 0. The van der Waals surface area contributed by atoms with E-state index in [0.717, 1.165) is 32.7 Å². The van der Waals surface area contributed by atoms with Crippen LogP contribution in [0.1, 0.15) is 27.2 Å². The second-order valence-electron chi connectivity index (χ2n) is 4.49. The van der Waals surface area contributed by atoms with Crippen LogP contribution in [-0.2, 0) is 4.74 Å². The summed E-state index contributed by atoms with van der Waals surface area (Å²) in [6.07, 6.45) is 0.970. The zero-order chi connectivity index (χ0) is 12.4. The Labute approximate surface area is 100.0 Å². The number of nitrogens with zero attached hydrogens (tertiary/aromatic N) is 1. The third-order valence-electron chi connectivity index (χ3n) is 2.47. The Morgan fingerprint density at radius 1 is 1.31 bits per heavy atom. The third-order valence-corrected chi connectivity index (χ3v) is 2.47. The van der Waals surface area contributed by atoms with Crippen LogP contribution in [-0.4, -0.2) is 62.0 Å². The molecule has 16 heavy (non-hydrogen) atoms. The van der Waals surface area contributed by atoms with Crippen LogP contribution in [0.25, 0.3) is 0 Å². The van der Waals surface area contributed by atoms with Crippen molar-refractivity contribution in [1.29, 1.82) is 0 Å². The Morgan fingerprint density at radius 2 is 2.00 bits per heavy atom. The fraction of sp³-hybridized carbons (Fsp3) is 1.00. The van der Waals surface area contributed by atoms with Gasteiger partial charge in [-0.25, -0.2) is 0 Å². The van der Waals surface area contributed by atoms with E-state index >= 15 is 0 Å². The summed E-state index contributed by atoms with van der Waals surface area (Å²) in [6, 6.07) is 0.625. The smallest absolute Gasteiger partial charge is 0.0593 e. The molecule has 4 heteroatoms. The van der Waals surface area contributed by atoms with Gasteiger partial charge in [0.05, 0.1) is 13.2 Å². The highest BCUT2D eigenvalue weighted by molar-refractivity contribution is 4.69. The van der Waals surface area contributed by atoms with E-state index in [1.807, 2.05) is 6.92 Å². The number of nitrogens with one attached hydrogen (secondary N) is 1. The van der Waals surface area contributed by atoms with Crippen molar-refractivity contribution in [2.45, 2.75) is 39.3 Å². The molecule has 0 amide bonds. The van der Waals surface area contributed by atoms with Gasteiger partial charge in [-0.1, -0.05) is 13.8 Å². The van der Waals surface area contributed by atoms with Gasteiger partial charge in [0.15, 0.2) is 0 Å². The Bertz CT molecular complexity index is 154. The Balaban J connectivity index is 3.58. The fourth-order valence-electron chi connectivity index (χ4n) is 1.55. The summed E-state index contributed by atoms with van der Waals surface area (Å²) < 4.78 is 5.30. The number of hydrogen-bond donors (Lipinski definition) is 2. The van der Waals surface area contributed by atoms with Crippen LogP contribution in [0, 0.1) is 0 Å². The largest absolute Gasteiger partial charge is 0.395 e. The first kappa shape index (κ1) is 15.8. The van der Waals surface area contributed by atoms with Gasteiger partial charge in [-0.05, 0) is 26.9 Å². The summed E-state index contributed by atoms with van der Waals surface area (Å²) in [4.78, 5) is 2.24. The van der Waals surface area contributed by atoms with Crippen LogP contribution < -0.4 is 5.32 Å². The topological polar surface area (TPSA) is 44.7 Å². The van der Waals surface area contributed by atoms with Gasteiger partial charge in [-0.2, -0.15) is 0 Å². The summed E-state index contributed by atoms with van der Waals surface area (Å²) in [5.41, 5.74) is 0. The van der Waals surface area contributed by atoms with E-state index in [9.17, 15) is 5.11 Å². The van der Waals surface area contributed by atoms with Crippen LogP contribution in [0.3, 0.4) is 0 Å². The van der Waals surface area contributed by atoms with Crippen molar-refractivity contribution in [3.63, 3.8) is 0 Å². The minimum Gasteiger partial charge on any atom is -0.395 e. The van der Waals surface area contributed by atoms with E-state index < -0.39 is 0 Å². The van der Waals surface area contributed by atoms with Crippen LogP contribution in [0.15, 0.2) is 0 Å². The van der Waals surface area contributed by atoms with Crippen molar-refractivity contribution in [2.75, 3.05) is 40.0 Å². The standard InChI is InChI=1S/C12H28N2O2/c1-5-16-9-8-14(4)7-6-12(10-15)13-11(2)3/h11-13,15H,5-10H2,1-4H3. The molecule has 2 N–H and O–H groups in total. The first-order valence-electron chi connectivity index (χ1n) is 6.23. The number of rotatable bonds is 10. The first-order valence-corrected chi connectivity index (χ1v) is 6.23. The highest BCUT2D eigenvalue weighted by Gasteiger charge is 2.09. The lowest BCUT2D eigenvalue weighted by Gasteiger charge is -2.22. The molecule has 0 aliphatic heterocycles. The van der Waals surface area contributed by atoms with Gasteiger partial charge in [-0.15, -0.1) is 0 Å². The molecule has 0 saturated heterocycles. The van der Waals surface area contributed by atoms with Gasteiger partial charge in [-0.3, -0.25) is 0 Å². The molecule has 4 nitrogen and oxygen atoms in total. The lowest BCUT2D eigenvalue weighted by atomic mass is 10.2. The van der Waals surface area contributed by atoms with Crippen molar-refractivity contribution >= 4 is 0 Å². The third kappa shape index (κ3) is 9.09. The number of likely N-dealkylation sites (N-methyl/N-ethyl adjacent to an activating group) is 1. The van der Waals surface area contributed by atoms with Gasteiger partial charge in [0.25, 0.3) is 0 Å². The quantitative estimate of drug-likeness (QED) is 0.544. The second kappa shape index (κ2) is 10.0. The van der Waals surface area contributed by atoms with Crippen LogP contribution in [0.2, 0.25) is 0 Å². The maximum absolute atomic E-state index is 9.20. The van der Waals surface area contributed by atoms with E-state index in [-0.39, 0.29) is 12.6 Å². The molecule has 0 aromatic carbocycles. The molecular formula is C12H28N2O2. The minimum absolute atomic E-state index is 0.203. The molecule has 0 aromatic heterocycles. The molecule has 0 aliphatic carbocycles. The van der Waals surface area contributed by atoms with Crippen molar-refractivity contribution in [3.8, 4) is 0 Å². The zero-order valence-corrected chi connectivity index (χ0v) is 11.2. The Hall–Kier alpha value is -0.160. The van der Waals surface area contributed by atoms with Gasteiger partial charge < -0.3 is 20.1 Å². The summed E-state index contributed by atoms with van der Waals surface area (Å²) in [7, 11) is 2.09. The van der Waals surface area contributed by atoms with Crippen LogP contribution in [0.4, 0.5) is 0 Å². The van der Waals surface area contributed by atoms with Gasteiger partial charge in [0, 0.05) is 25.2 Å². The fourth-order valence-corrected chi connectivity index (χ4v) is 1.55. The lowest BCUT2D eigenvalue weighted by molar-refractivity contribution is 0.119. The molecule has 0 saturated carbocycles. The van der Waals surface area contributed by atoms with Crippen molar-refractivity contribution in [2.24, 2.45) is 0 Å². The highest BCUT2D eigenvalue weighted by Crippen LogP contribution is 1.96. The molecule has 0 aromatic rings. The molecule has 0 heterocycles. The van der Waals surface area contributed by atoms with Crippen molar-refractivity contribution in [3.05, 3.63) is 0 Å². The Morgan fingerprint density at radius 3 is 2.50 bits per heavy atom.